The summed E-state index contributed by atoms with van der Waals surface area (Å²) in [6.45, 7) is -1.29. The Morgan fingerprint density at radius 2 is 1.33 bits per heavy atom. The zero-order valence-corrected chi connectivity index (χ0v) is 41.1. The van der Waals surface area contributed by atoms with Gasteiger partial charge in [-0.15, -0.1) is 0 Å². The Morgan fingerprint density at radius 1 is 0.667 bits per heavy atom. The molecule has 75 heavy (non-hydrogen) atoms. The molecule has 16 atom stereocenters. The van der Waals surface area contributed by atoms with Crippen molar-refractivity contribution in [2.45, 2.75) is 144 Å². The van der Waals surface area contributed by atoms with Gasteiger partial charge in [-0.05, 0) is 54.2 Å². The van der Waals surface area contributed by atoms with Crippen LogP contribution in [0.3, 0.4) is 0 Å². The first-order valence-electron chi connectivity index (χ1n) is 24.7. The maximum Gasteiger partial charge on any atom is 0.338 e. The number of carbonyl (C=O) groups is 2. The molecule has 21 nitrogen and oxygen atoms in total. The number of hydrogen-bond donors (Lipinski definition) is 12. The maximum absolute atomic E-state index is 13.6. The molecule has 0 spiro atoms. The number of aliphatic hydroxyl groups is 10. The van der Waals surface area contributed by atoms with E-state index in [4.69, 9.17) is 33.2 Å². The van der Waals surface area contributed by atoms with Crippen LogP contribution in [0.25, 0.3) is 11.1 Å². The SMILES string of the molecule is CCCCC/C=C/C=C/[C@@H](O)C/C=C/C=C/C(=O)O[C@@H]1[C@@H](O)[C@H](c2c(O)cc(O)cc2CO)O[C@H](CO)[C@H]1O[C@@H]1O[C@H](COC(=O)c2ccc(-c3ccccc3)cc2)[C@H](O)[C@H](O)[C@H]1O[C@@H]1O[C@H](CO)[C@H](O)[C@H](O)[C@H]1O. The Morgan fingerprint density at radius 3 is 2.03 bits per heavy atom. The molecule has 3 aromatic carbocycles. The van der Waals surface area contributed by atoms with Crippen LogP contribution < -0.4 is 0 Å². The number of phenolic OH excluding ortho intramolecular Hbond substituents is 2. The van der Waals surface area contributed by atoms with Crippen LogP contribution in [0.4, 0.5) is 0 Å². The summed E-state index contributed by atoms with van der Waals surface area (Å²) in [7, 11) is 0. The molecular weight excluding hydrogens is 985 g/mol. The van der Waals surface area contributed by atoms with Crippen molar-refractivity contribution in [3.8, 4) is 22.6 Å². The van der Waals surface area contributed by atoms with E-state index in [1.807, 2.05) is 42.5 Å². The van der Waals surface area contributed by atoms with Gasteiger partial charge in [0.05, 0.1) is 31.5 Å². The van der Waals surface area contributed by atoms with Gasteiger partial charge in [0.2, 0.25) is 0 Å². The quantitative estimate of drug-likeness (QED) is 0.0276. The Kier molecular flexibility index (Phi) is 22.4. The molecule has 12 N–H and O–H groups in total. The van der Waals surface area contributed by atoms with Crippen molar-refractivity contribution in [3.05, 3.63) is 132 Å². The van der Waals surface area contributed by atoms with Gasteiger partial charge in [-0.1, -0.05) is 105 Å². The third-order valence-corrected chi connectivity index (χ3v) is 12.9. The van der Waals surface area contributed by atoms with Crippen LogP contribution in [0.5, 0.6) is 11.5 Å². The maximum atomic E-state index is 13.6. The third kappa shape index (κ3) is 15.4. The fraction of sp³-hybridized carbons (Fsp3) is 0.481. The summed E-state index contributed by atoms with van der Waals surface area (Å²) in [4.78, 5) is 27.0. The summed E-state index contributed by atoms with van der Waals surface area (Å²) in [6.07, 6.45) is -12.4. The van der Waals surface area contributed by atoms with Gasteiger partial charge in [-0.3, -0.25) is 0 Å². The molecule has 0 aliphatic carbocycles. The van der Waals surface area contributed by atoms with E-state index in [2.05, 4.69) is 6.92 Å². The van der Waals surface area contributed by atoms with Gasteiger partial charge in [-0.25, -0.2) is 9.59 Å². The molecule has 0 radical (unpaired) electrons. The minimum absolute atomic E-state index is 0.107. The van der Waals surface area contributed by atoms with Crippen LogP contribution in [0, 0.1) is 0 Å². The summed E-state index contributed by atoms with van der Waals surface area (Å²) in [5.41, 5.74) is 1.39. The first-order chi connectivity index (χ1) is 36.1. The number of benzene rings is 3. The second-order valence-electron chi connectivity index (χ2n) is 18.2. The predicted octanol–water partition coefficient (Wildman–Crippen LogP) is 1.39. The first kappa shape index (κ1) is 58.8. The molecule has 0 unspecified atom stereocenters. The Labute approximate surface area is 433 Å². The molecule has 3 aliphatic heterocycles. The molecule has 410 valence electrons. The highest BCUT2D eigenvalue weighted by molar-refractivity contribution is 5.90. The molecule has 3 aliphatic rings. The molecule has 6 rings (SSSR count). The summed E-state index contributed by atoms with van der Waals surface area (Å²) in [5, 5.41) is 130. The van der Waals surface area contributed by atoms with Crippen LogP contribution >= 0.6 is 0 Å². The average Bonchev–Trinajstić information content (AvgIpc) is 3.41. The number of allylic oxidation sites excluding steroid dienone is 5. The van der Waals surface area contributed by atoms with Gasteiger partial charge < -0.3 is 94.4 Å². The van der Waals surface area contributed by atoms with Crippen molar-refractivity contribution >= 4 is 11.9 Å². The zero-order chi connectivity index (χ0) is 54.2. The van der Waals surface area contributed by atoms with E-state index in [9.17, 15) is 70.9 Å². The van der Waals surface area contributed by atoms with Crippen molar-refractivity contribution in [2.24, 2.45) is 0 Å². The Hall–Kier alpha value is -5.44. The highest BCUT2D eigenvalue weighted by Gasteiger charge is 2.55. The van der Waals surface area contributed by atoms with E-state index in [1.54, 1.807) is 30.4 Å². The first-order valence-corrected chi connectivity index (χ1v) is 24.7. The van der Waals surface area contributed by atoms with Gasteiger partial charge in [0, 0.05) is 17.7 Å². The molecule has 0 aromatic heterocycles. The Bertz CT molecular complexity index is 2370. The lowest BCUT2D eigenvalue weighted by molar-refractivity contribution is -0.382. The van der Waals surface area contributed by atoms with Crippen molar-refractivity contribution in [1.29, 1.82) is 0 Å². The lowest BCUT2D eigenvalue weighted by Crippen LogP contribution is -2.66. The molecule has 0 saturated carbocycles. The second kappa shape index (κ2) is 28.6. The fourth-order valence-corrected chi connectivity index (χ4v) is 8.77. The number of aromatic hydroxyl groups is 2. The number of hydrogen-bond acceptors (Lipinski definition) is 21. The summed E-state index contributed by atoms with van der Waals surface area (Å²) in [6, 6.07) is 17.7. The van der Waals surface area contributed by atoms with Gasteiger partial charge >= 0.3 is 11.9 Å². The molecule has 3 aromatic rings. The molecule has 0 amide bonds. The molecule has 3 heterocycles. The van der Waals surface area contributed by atoms with E-state index < -0.39 is 148 Å². The smallest absolute Gasteiger partial charge is 0.338 e. The lowest BCUT2D eigenvalue weighted by Gasteiger charge is -2.49. The molecule has 0 bridgehead atoms. The second-order valence-corrected chi connectivity index (χ2v) is 18.2. The number of esters is 2. The number of aliphatic hydroxyl groups excluding tert-OH is 10. The van der Waals surface area contributed by atoms with E-state index >= 15 is 0 Å². The number of phenols is 2. The minimum Gasteiger partial charge on any atom is -0.508 e. The zero-order valence-electron chi connectivity index (χ0n) is 41.1. The van der Waals surface area contributed by atoms with Crippen molar-refractivity contribution < 1.29 is 104 Å². The van der Waals surface area contributed by atoms with Crippen molar-refractivity contribution in [2.75, 3.05) is 19.8 Å². The molecule has 21 heteroatoms. The number of carbonyl (C=O) groups excluding carboxylic acids is 2. The normalized spacial score (nSPS) is 30.8. The molecular formula is C54H68O21. The van der Waals surface area contributed by atoms with E-state index in [0.29, 0.717) is 0 Å². The molecule has 3 fully saturated rings. The van der Waals surface area contributed by atoms with Gasteiger partial charge in [0.25, 0.3) is 0 Å². The summed E-state index contributed by atoms with van der Waals surface area (Å²) in [5.74, 6) is -3.11. The average molecular weight is 1050 g/mol. The monoisotopic (exact) mass is 1050 g/mol. The Balaban J connectivity index is 1.28. The van der Waals surface area contributed by atoms with Crippen LogP contribution in [0.15, 0.2) is 115 Å². The van der Waals surface area contributed by atoms with Crippen molar-refractivity contribution in [1.82, 2.24) is 0 Å². The third-order valence-electron chi connectivity index (χ3n) is 12.9. The van der Waals surface area contributed by atoms with Crippen molar-refractivity contribution in [3.63, 3.8) is 0 Å². The largest absolute Gasteiger partial charge is 0.508 e. The van der Waals surface area contributed by atoms with E-state index in [1.165, 1.54) is 24.3 Å². The standard InChI is InChI=1S/C54H68O21/c1-2-3-4-5-6-7-12-17-34(58)18-13-9-14-19-40(61)73-50-47(67)49(41-33(26-55)24-35(59)25-36(41)60)70-38(28-57)48(50)74-54-51(75-53-46(66)44(64)42(62)37(27-56)71-53)45(65)43(63)39(72-54)29-69-52(68)32-22-20-31(21-23-32)30-15-10-8-11-16-30/h6-17,19-25,34,37-39,42-51,53-60,62-67H,2-5,18,26-29H2,1H3/b7-6+,13-9+,17-12+,19-14+/t34-,37-,38-,39-,42+,43+,44+,45+,46-,47+,48-,49+,50-,51-,53+,54+/m1/s1. The van der Waals surface area contributed by atoms with Crippen LogP contribution in [0.1, 0.15) is 66.6 Å². The summed E-state index contributed by atoms with van der Waals surface area (Å²) < 4.78 is 41.2. The van der Waals surface area contributed by atoms with Gasteiger partial charge in [0.15, 0.2) is 18.7 Å². The van der Waals surface area contributed by atoms with Crippen LogP contribution in [0.2, 0.25) is 0 Å². The summed E-state index contributed by atoms with van der Waals surface area (Å²) >= 11 is 0. The van der Waals surface area contributed by atoms with Gasteiger partial charge in [0.1, 0.15) is 91.4 Å². The van der Waals surface area contributed by atoms with E-state index in [-0.39, 0.29) is 23.1 Å². The van der Waals surface area contributed by atoms with Crippen LogP contribution in [-0.4, -0.2) is 185 Å². The highest BCUT2D eigenvalue weighted by atomic mass is 16.8. The van der Waals surface area contributed by atoms with Gasteiger partial charge in [-0.2, -0.15) is 0 Å². The van der Waals surface area contributed by atoms with Crippen LogP contribution in [-0.2, 0) is 44.6 Å². The number of ether oxygens (including phenoxy) is 7. The van der Waals surface area contributed by atoms with E-state index in [0.717, 1.165) is 55.0 Å². The molecule has 3 saturated heterocycles. The highest BCUT2D eigenvalue weighted by Crippen LogP contribution is 2.43. The number of rotatable bonds is 23. The topological polar surface area (TPSA) is 342 Å². The number of unbranched alkanes of at least 4 members (excludes halogenated alkanes) is 3. The fourth-order valence-electron chi connectivity index (χ4n) is 8.77. The predicted molar refractivity (Wildman–Crippen MR) is 264 cm³/mol. The lowest BCUT2D eigenvalue weighted by atomic mass is 9.88. The minimum atomic E-state index is -2.11.